The predicted octanol–water partition coefficient (Wildman–Crippen LogP) is 2.96. The lowest BCUT2D eigenvalue weighted by Gasteiger charge is -2.28. The monoisotopic (exact) mass is 323 g/mol. The molecule has 0 atom stereocenters. The Labute approximate surface area is 133 Å². The molecule has 1 aliphatic heterocycles. The van der Waals surface area contributed by atoms with E-state index in [2.05, 4.69) is 5.10 Å². The highest BCUT2D eigenvalue weighted by atomic mass is 32.2. The Bertz CT molecular complexity index is 713. The first-order valence-corrected chi connectivity index (χ1v) is 9.52. The van der Waals surface area contributed by atoms with Crippen molar-refractivity contribution < 1.29 is 8.42 Å². The summed E-state index contributed by atoms with van der Waals surface area (Å²) in [6.45, 7) is 8.89. The molecule has 3 rings (SSSR count). The highest BCUT2D eigenvalue weighted by Crippen LogP contribution is 2.37. The summed E-state index contributed by atoms with van der Waals surface area (Å²) >= 11 is 0. The SMILES string of the molecule is Cc1nn(C(C)C)c(C)c1S(=O)(=O)N1CCC(=C2CC2)CC1. The molecule has 5 nitrogen and oxygen atoms in total. The van der Waals surface area contributed by atoms with E-state index in [0.29, 0.717) is 23.7 Å². The summed E-state index contributed by atoms with van der Waals surface area (Å²) in [7, 11) is -3.44. The maximum Gasteiger partial charge on any atom is 0.246 e. The van der Waals surface area contributed by atoms with Crippen LogP contribution in [0, 0.1) is 13.8 Å². The molecule has 0 radical (unpaired) electrons. The van der Waals surface area contributed by atoms with Gasteiger partial charge in [0.05, 0.1) is 11.4 Å². The highest BCUT2D eigenvalue weighted by molar-refractivity contribution is 7.89. The molecule has 0 unspecified atom stereocenters. The molecule has 1 saturated carbocycles. The number of aryl methyl sites for hydroxylation is 1. The third-order valence-electron chi connectivity index (χ3n) is 4.67. The number of hydrogen-bond donors (Lipinski definition) is 0. The first-order chi connectivity index (χ1) is 10.3. The van der Waals surface area contributed by atoms with Gasteiger partial charge in [0.2, 0.25) is 10.0 Å². The van der Waals surface area contributed by atoms with Crippen molar-refractivity contribution in [3.63, 3.8) is 0 Å². The van der Waals surface area contributed by atoms with Gasteiger partial charge in [0, 0.05) is 19.1 Å². The summed E-state index contributed by atoms with van der Waals surface area (Å²) < 4.78 is 29.5. The van der Waals surface area contributed by atoms with Gasteiger partial charge in [0.25, 0.3) is 0 Å². The van der Waals surface area contributed by atoms with Gasteiger partial charge in [-0.15, -0.1) is 0 Å². The summed E-state index contributed by atoms with van der Waals surface area (Å²) in [6, 6.07) is 0.162. The lowest BCUT2D eigenvalue weighted by Crippen LogP contribution is -2.36. The molecule has 1 aliphatic carbocycles. The van der Waals surface area contributed by atoms with Gasteiger partial charge in [-0.3, -0.25) is 4.68 Å². The van der Waals surface area contributed by atoms with Gasteiger partial charge in [0.15, 0.2) is 0 Å². The van der Waals surface area contributed by atoms with E-state index in [1.807, 2.05) is 25.5 Å². The van der Waals surface area contributed by atoms with Crippen molar-refractivity contribution in [3.8, 4) is 0 Å². The molecular weight excluding hydrogens is 298 g/mol. The molecule has 0 aromatic carbocycles. The molecule has 122 valence electrons. The van der Waals surface area contributed by atoms with Crippen LogP contribution in [0.3, 0.4) is 0 Å². The zero-order valence-corrected chi connectivity index (χ0v) is 14.7. The van der Waals surface area contributed by atoms with Gasteiger partial charge in [-0.2, -0.15) is 9.40 Å². The van der Waals surface area contributed by atoms with Gasteiger partial charge in [-0.25, -0.2) is 8.42 Å². The molecule has 1 aromatic rings. The fraction of sp³-hybridized carbons (Fsp3) is 0.688. The van der Waals surface area contributed by atoms with Crippen molar-refractivity contribution in [2.24, 2.45) is 0 Å². The molecule has 1 saturated heterocycles. The molecule has 6 heteroatoms. The number of allylic oxidation sites excluding steroid dienone is 1. The maximum atomic E-state index is 13.0. The average molecular weight is 323 g/mol. The summed E-state index contributed by atoms with van der Waals surface area (Å²) in [5.41, 5.74) is 4.42. The number of hydrogen-bond acceptors (Lipinski definition) is 3. The van der Waals surface area contributed by atoms with Crippen LogP contribution in [0.1, 0.15) is 57.0 Å². The molecule has 2 heterocycles. The predicted molar refractivity (Wildman–Crippen MR) is 86.3 cm³/mol. The fourth-order valence-corrected chi connectivity index (χ4v) is 5.22. The second kappa shape index (κ2) is 5.49. The second-order valence-electron chi connectivity index (χ2n) is 6.65. The second-order valence-corrected chi connectivity index (χ2v) is 8.52. The van der Waals surface area contributed by atoms with E-state index in [1.54, 1.807) is 16.8 Å². The van der Waals surface area contributed by atoms with Crippen LogP contribution in [0.4, 0.5) is 0 Å². The smallest absolute Gasteiger partial charge is 0.246 e. The van der Waals surface area contributed by atoms with Crippen molar-refractivity contribution in [2.45, 2.75) is 64.3 Å². The molecule has 2 fully saturated rings. The summed E-state index contributed by atoms with van der Waals surface area (Å²) in [5.74, 6) is 0. The lowest BCUT2D eigenvalue weighted by atomic mass is 10.1. The minimum Gasteiger partial charge on any atom is -0.266 e. The van der Waals surface area contributed by atoms with Crippen LogP contribution in [0.25, 0.3) is 0 Å². The zero-order valence-electron chi connectivity index (χ0n) is 13.9. The maximum absolute atomic E-state index is 13.0. The minimum atomic E-state index is -3.44. The first kappa shape index (κ1) is 15.7. The third-order valence-corrected chi connectivity index (χ3v) is 6.82. The molecule has 2 aliphatic rings. The molecule has 1 aromatic heterocycles. The van der Waals surface area contributed by atoms with Crippen molar-refractivity contribution >= 4 is 10.0 Å². The number of sulfonamides is 1. The molecule has 0 spiro atoms. The highest BCUT2D eigenvalue weighted by Gasteiger charge is 2.33. The van der Waals surface area contributed by atoms with Gasteiger partial charge in [-0.1, -0.05) is 11.1 Å². The van der Waals surface area contributed by atoms with Crippen molar-refractivity contribution in [1.82, 2.24) is 14.1 Å². The number of aromatic nitrogens is 2. The summed E-state index contributed by atoms with van der Waals surface area (Å²) in [5, 5.41) is 4.43. The van der Waals surface area contributed by atoms with Crippen LogP contribution in [0.2, 0.25) is 0 Å². The van der Waals surface area contributed by atoms with E-state index in [4.69, 9.17) is 0 Å². The fourth-order valence-electron chi connectivity index (χ4n) is 3.42. The standard InChI is InChI=1S/C16H25N3O2S/c1-11(2)19-13(4)16(12(3)17-19)22(20,21)18-9-7-15(8-10-18)14-5-6-14/h11H,5-10H2,1-4H3. The van der Waals surface area contributed by atoms with Crippen molar-refractivity contribution in [3.05, 3.63) is 22.5 Å². The van der Waals surface area contributed by atoms with E-state index in [9.17, 15) is 8.42 Å². The zero-order chi connectivity index (χ0) is 16.1. The Hall–Kier alpha value is -1.14. The summed E-state index contributed by atoms with van der Waals surface area (Å²) in [6.07, 6.45) is 4.23. The van der Waals surface area contributed by atoms with Gasteiger partial charge in [0.1, 0.15) is 4.90 Å². The summed E-state index contributed by atoms with van der Waals surface area (Å²) in [4.78, 5) is 0.406. The first-order valence-electron chi connectivity index (χ1n) is 8.08. The molecule has 0 N–H and O–H groups in total. The van der Waals surface area contributed by atoms with E-state index < -0.39 is 10.0 Å². The largest absolute Gasteiger partial charge is 0.266 e. The lowest BCUT2D eigenvalue weighted by molar-refractivity contribution is 0.385. The van der Waals surface area contributed by atoms with Crippen LogP contribution in [-0.2, 0) is 10.0 Å². The van der Waals surface area contributed by atoms with E-state index in [0.717, 1.165) is 18.5 Å². The van der Waals surface area contributed by atoms with Crippen LogP contribution in [0.5, 0.6) is 0 Å². The topological polar surface area (TPSA) is 55.2 Å². The Morgan fingerprint density at radius 1 is 1.00 bits per heavy atom. The van der Waals surface area contributed by atoms with Crippen LogP contribution < -0.4 is 0 Å². The van der Waals surface area contributed by atoms with Crippen LogP contribution in [0.15, 0.2) is 16.0 Å². The van der Waals surface area contributed by atoms with Crippen LogP contribution >= 0.6 is 0 Å². The number of nitrogens with zero attached hydrogens (tertiary/aromatic N) is 3. The van der Waals surface area contributed by atoms with Gasteiger partial charge in [-0.05, 0) is 53.4 Å². The number of rotatable bonds is 3. The van der Waals surface area contributed by atoms with E-state index in [1.165, 1.54) is 18.4 Å². The van der Waals surface area contributed by atoms with Gasteiger partial charge < -0.3 is 0 Å². The van der Waals surface area contributed by atoms with E-state index in [-0.39, 0.29) is 6.04 Å². The average Bonchev–Trinajstić information content (AvgIpc) is 3.24. The van der Waals surface area contributed by atoms with Crippen LogP contribution in [-0.4, -0.2) is 35.6 Å². The Morgan fingerprint density at radius 3 is 2.00 bits per heavy atom. The molecule has 0 amide bonds. The molecule has 22 heavy (non-hydrogen) atoms. The van der Waals surface area contributed by atoms with Crippen molar-refractivity contribution in [1.29, 1.82) is 0 Å². The number of piperidine rings is 1. The minimum absolute atomic E-state index is 0.162. The Balaban J connectivity index is 1.89. The Morgan fingerprint density at radius 2 is 1.55 bits per heavy atom. The quantitative estimate of drug-likeness (QED) is 0.804. The third kappa shape index (κ3) is 2.63. The molecule has 0 bridgehead atoms. The normalized spacial score (nSPS) is 20.0. The molecular formula is C16H25N3O2S. The van der Waals surface area contributed by atoms with E-state index >= 15 is 0 Å². The van der Waals surface area contributed by atoms with Crippen molar-refractivity contribution in [2.75, 3.05) is 13.1 Å². The Kier molecular flexibility index (Phi) is 3.93. The van der Waals surface area contributed by atoms with Gasteiger partial charge >= 0.3 is 0 Å².